The maximum atomic E-state index is 12.1. The molecule has 0 atom stereocenters. The van der Waals surface area contributed by atoms with Gasteiger partial charge >= 0.3 is 0 Å². The van der Waals surface area contributed by atoms with Gasteiger partial charge in [0.2, 0.25) is 0 Å². The number of rotatable bonds is 5. The molecule has 2 rings (SSSR count). The van der Waals surface area contributed by atoms with Crippen molar-refractivity contribution in [1.29, 1.82) is 0 Å². The monoisotopic (exact) mass is 263 g/mol. The number of pyridine rings is 1. The lowest BCUT2D eigenvalue weighted by Gasteiger charge is -2.09. The van der Waals surface area contributed by atoms with E-state index in [4.69, 9.17) is 0 Å². The summed E-state index contributed by atoms with van der Waals surface area (Å²) in [5.41, 5.74) is 1.29. The first-order valence-electron chi connectivity index (χ1n) is 5.58. The van der Waals surface area contributed by atoms with Gasteiger partial charge in [-0.2, -0.15) is 0 Å². The Balaban J connectivity index is 2.13. The van der Waals surface area contributed by atoms with Crippen molar-refractivity contribution in [1.82, 2.24) is 14.6 Å². The van der Waals surface area contributed by atoms with Gasteiger partial charge in [0.25, 0.3) is 5.91 Å². The molecule has 1 amide bonds. The van der Waals surface area contributed by atoms with Crippen molar-refractivity contribution in [2.24, 2.45) is 0 Å². The smallest absolute Gasteiger partial charge is 0.258 e. The summed E-state index contributed by atoms with van der Waals surface area (Å²) in [4.78, 5) is 16.1. The van der Waals surface area contributed by atoms with E-state index in [0.717, 1.165) is 30.2 Å². The molecule has 0 fully saturated rings. The Hall–Kier alpha value is -2.02. The van der Waals surface area contributed by atoms with Crippen molar-refractivity contribution < 1.29 is 4.79 Å². The largest absolute Gasteiger partial charge is 0.383 e. The third-order valence-electron chi connectivity index (χ3n) is 2.23. The van der Waals surface area contributed by atoms with Crippen LogP contribution < -0.4 is 10.6 Å². The van der Waals surface area contributed by atoms with Gasteiger partial charge in [-0.1, -0.05) is 11.4 Å². The molecule has 2 aromatic heterocycles. The van der Waals surface area contributed by atoms with Crippen LogP contribution in [-0.2, 0) is 0 Å². The van der Waals surface area contributed by atoms with Crippen LogP contribution >= 0.6 is 11.5 Å². The third kappa shape index (κ3) is 3.01. The number of aromatic nitrogens is 3. The number of amides is 1. The zero-order chi connectivity index (χ0) is 12.8. The van der Waals surface area contributed by atoms with E-state index in [-0.39, 0.29) is 5.91 Å². The predicted molar refractivity (Wildman–Crippen MR) is 70.9 cm³/mol. The second-order valence-electron chi connectivity index (χ2n) is 3.58. The Labute approximate surface area is 109 Å². The van der Waals surface area contributed by atoms with E-state index >= 15 is 0 Å². The van der Waals surface area contributed by atoms with Crippen molar-refractivity contribution in [2.75, 3.05) is 17.2 Å². The summed E-state index contributed by atoms with van der Waals surface area (Å²) >= 11 is 1.14. The molecule has 94 valence electrons. The summed E-state index contributed by atoms with van der Waals surface area (Å²) in [7, 11) is 0. The average molecular weight is 263 g/mol. The van der Waals surface area contributed by atoms with E-state index in [9.17, 15) is 4.79 Å². The lowest BCUT2D eigenvalue weighted by atomic mass is 10.2. The van der Waals surface area contributed by atoms with Gasteiger partial charge in [-0.3, -0.25) is 9.78 Å². The summed E-state index contributed by atoms with van der Waals surface area (Å²) in [5.74, 6) is -0.193. The molecule has 2 aromatic rings. The van der Waals surface area contributed by atoms with E-state index in [1.54, 1.807) is 18.5 Å². The lowest BCUT2D eigenvalue weighted by Crippen LogP contribution is -2.14. The highest BCUT2D eigenvalue weighted by Crippen LogP contribution is 2.17. The molecule has 0 aliphatic heterocycles. The molecule has 18 heavy (non-hydrogen) atoms. The molecule has 6 nitrogen and oxygen atoms in total. The number of carbonyl (C=O) groups is 1. The highest BCUT2D eigenvalue weighted by Gasteiger charge is 2.12. The van der Waals surface area contributed by atoms with Crippen LogP contribution in [0.3, 0.4) is 0 Å². The molecule has 0 saturated carbocycles. The van der Waals surface area contributed by atoms with E-state index in [2.05, 4.69) is 32.1 Å². The first-order chi connectivity index (χ1) is 8.81. The molecule has 2 N–H and O–H groups in total. The Morgan fingerprint density at radius 2 is 2.33 bits per heavy atom. The molecular weight excluding hydrogens is 250 g/mol. The van der Waals surface area contributed by atoms with Gasteiger partial charge in [-0.05, 0) is 12.5 Å². The van der Waals surface area contributed by atoms with Gasteiger partial charge in [-0.15, -0.1) is 5.10 Å². The van der Waals surface area contributed by atoms with Crippen LogP contribution in [0.1, 0.15) is 23.7 Å². The van der Waals surface area contributed by atoms with Crippen molar-refractivity contribution in [3.05, 3.63) is 30.2 Å². The number of hydrogen-bond donors (Lipinski definition) is 2. The first-order valence-corrected chi connectivity index (χ1v) is 6.35. The molecule has 0 radical (unpaired) electrons. The molecule has 0 unspecified atom stereocenters. The Morgan fingerprint density at radius 3 is 3.06 bits per heavy atom. The molecule has 0 saturated heterocycles. The summed E-state index contributed by atoms with van der Waals surface area (Å²) in [6.07, 6.45) is 5.74. The lowest BCUT2D eigenvalue weighted by molar-refractivity contribution is 0.102. The molecule has 2 heterocycles. The van der Waals surface area contributed by atoms with Crippen molar-refractivity contribution >= 4 is 28.1 Å². The van der Waals surface area contributed by atoms with Gasteiger partial charge < -0.3 is 10.6 Å². The number of nitrogens with zero attached hydrogens (tertiary/aromatic N) is 3. The second kappa shape index (κ2) is 6.06. The van der Waals surface area contributed by atoms with Crippen molar-refractivity contribution in [3.8, 4) is 0 Å². The summed E-state index contributed by atoms with van der Waals surface area (Å²) < 4.78 is 3.69. The molecule has 7 heteroatoms. The van der Waals surface area contributed by atoms with E-state index in [0.29, 0.717) is 10.6 Å². The van der Waals surface area contributed by atoms with E-state index in [1.165, 1.54) is 6.20 Å². The minimum Gasteiger partial charge on any atom is -0.383 e. The molecule has 0 aliphatic rings. The maximum Gasteiger partial charge on any atom is 0.258 e. The van der Waals surface area contributed by atoms with Crippen LogP contribution in [0.25, 0.3) is 0 Å². The minimum atomic E-state index is -0.193. The third-order valence-corrected chi connectivity index (χ3v) is 2.81. The average Bonchev–Trinajstić information content (AvgIpc) is 2.89. The number of nitrogens with one attached hydrogen (secondary N) is 2. The Kier molecular flexibility index (Phi) is 4.19. The van der Waals surface area contributed by atoms with Gasteiger partial charge in [0.15, 0.2) is 0 Å². The quantitative estimate of drug-likeness (QED) is 0.862. The maximum absolute atomic E-state index is 12.1. The fraction of sp³-hybridized carbons (Fsp3) is 0.273. The van der Waals surface area contributed by atoms with Gasteiger partial charge in [0.05, 0.1) is 23.6 Å². The minimum absolute atomic E-state index is 0.193. The Morgan fingerprint density at radius 1 is 1.44 bits per heavy atom. The second-order valence-corrected chi connectivity index (χ2v) is 4.37. The van der Waals surface area contributed by atoms with E-state index in [1.807, 2.05) is 0 Å². The number of hydrogen-bond acceptors (Lipinski definition) is 6. The summed E-state index contributed by atoms with van der Waals surface area (Å²) in [6, 6.07) is 1.68. The zero-order valence-corrected chi connectivity index (χ0v) is 10.7. The van der Waals surface area contributed by atoms with Gasteiger partial charge in [0, 0.05) is 24.3 Å². The summed E-state index contributed by atoms with van der Waals surface area (Å²) in [5, 5.41) is 10.2. The summed E-state index contributed by atoms with van der Waals surface area (Å²) in [6.45, 7) is 2.86. The van der Waals surface area contributed by atoms with Crippen LogP contribution in [0, 0.1) is 0 Å². The predicted octanol–water partition coefficient (Wildman–Crippen LogP) is 2.01. The fourth-order valence-electron chi connectivity index (χ4n) is 1.39. The Bertz CT molecular complexity index is 514. The molecule has 0 spiro atoms. The standard InChI is InChI=1S/C11H13N5OS/c1-2-4-13-9-6-12-5-3-8(9)11(17)15-10-7-14-16-18-10/h3,5-7,13H,2,4H2,1H3,(H,15,17). The molecule has 0 aromatic carbocycles. The van der Waals surface area contributed by atoms with Crippen LogP contribution in [0.5, 0.6) is 0 Å². The van der Waals surface area contributed by atoms with Crippen molar-refractivity contribution in [2.45, 2.75) is 13.3 Å². The van der Waals surface area contributed by atoms with Gasteiger partial charge in [-0.25, -0.2) is 0 Å². The fourth-order valence-corrected chi connectivity index (χ4v) is 1.81. The van der Waals surface area contributed by atoms with Crippen LogP contribution in [0.2, 0.25) is 0 Å². The van der Waals surface area contributed by atoms with E-state index < -0.39 is 0 Å². The van der Waals surface area contributed by atoms with Crippen LogP contribution in [-0.4, -0.2) is 27.0 Å². The molecular formula is C11H13N5OS. The highest BCUT2D eigenvalue weighted by molar-refractivity contribution is 7.10. The SMILES string of the molecule is CCCNc1cnccc1C(=O)Nc1cnns1. The molecule has 0 bridgehead atoms. The first kappa shape index (κ1) is 12.4. The zero-order valence-electron chi connectivity index (χ0n) is 9.88. The highest BCUT2D eigenvalue weighted by atomic mass is 32.1. The van der Waals surface area contributed by atoms with Crippen LogP contribution in [0.15, 0.2) is 24.7 Å². The molecule has 0 aliphatic carbocycles. The topological polar surface area (TPSA) is 79.8 Å². The van der Waals surface area contributed by atoms with Crippen LogP contribution in [0.4, 0.5) is 10.7 Å². The number of anilines is 2. The van der Waals surface area contributed by atoms with Gasteiger partial charge in [0.1, 0.15) is 5.00 Å². The van der Waals surface area contributed by atoms with Crippen molar-refractivity contribution in [3.63, 3.8) is 0 Å². The number of carbonyl (C=O) groups excluding carboxylic acids is 1. The normalized spacial score (nSPS) is 10.1.